The summed E-state index contributed by atoms with van der Waals surface area (Å²) >= 11 is 1.33. The van der Waals surface area contributed by atoms with Crippen LogP contribution in [-0.4, -0.2) is 30.1 Å². The molecule has 0 aliphatic heterocycles. The van der Waals surface area contributed by atoms with Crippen molar-refractivity contribution in [3.05, 3.63) is 16.1 Å². The molecule has 0 bridgehead atoms. The van der Waals surface area contributed by atoms with Gasteiger partial charge < -0.3 is 21.5 Å². The number of amides is 2. The highest BCUT2D eigenvalue weighted by molar-refractivity contribution is 7.09. The van der Waals surface area contributed by atoms with E-state index in [9.17, 15) is 9.59 Å². The summed E-state index contributed by atoms with van der Waals surface area (Å²) in [5.41, 5.74) is 10.7. The molecule has 1 rings (SSSR count). The van der Waals surface area contributed by atoms with E-state index in [0.29, 0.717) is 10.7 Å². The van der Waals surface area contributed by atoms with Gasteiger partial charge in [-0.2, -0.15) is 0 Å². The average Bonchev–Trinajstić information content (AvgIpc) is 2.73. The Balaban J connectivity index is 2.39. The number of hydrogen-bond donors (Lipinski definition) is 3. The predicted molar refractivity (Wildman–Crippen MR) is 62.6 cm³/mol. The van der Waals surface area contributed by atoms with E-state index in [1.807, 2.05) is 0 Å². The van der Waals surface area contributed by atoms with E-state index in [-0.39, 0.29) is 25.1 Å². The molecular weight excluding hydrogens is 244 g/mol. The zero-order chi connectivity index (χ0) is 12.8. The Labute approximate surface area is 102 Å². The van der Waals surface area contributed by atoms with Crippen molar-refractivity contribution in [3.8, 4) is 0 Å². The summed E-state index contributed by atoms with van der Waals surface area (Å²) < 4.78 is 4.46. The monoisotopic (exact) mass is 258 g/mol. The van der Waals surface area contributed by atoms with Gasteiger partial charge in [0.2, 0.25) is 0 Å². The zero-order valence-electron chi connectivity index (χ0n) is 9.30. The molecule has 1 unspecified atom stereocenters. The van der Waals surface area contributed by atoms with Crippen LogP contribution < -0.4 is 16.8 Å². The molecule has 1 heterocycles. The number of hydrogen-bond acceptors (Lipinski definition) is 6. The van der Waals surface area contributed by atoms with Crippen LogP contribution in [0.5, 0.6) is 0 Å². The Morgan fingerprint density at radius 1 is 1.65 bits per heavy atom. The molecule has 5 N–H and O–H groups in total. The van der Waals surface area contributed by atoms with Crippen LogP contribution in [0.2, 0.25) is 0 Å². The molecular formula is C9H14N4O3S. The highest BCUT2D eigenvalue weighted by Gasteiger charge is 2.12. The lowest BCUT2D eigenvalue weighted by atomic mass is 10.4. The number of nitrogens with one attached hydrogen (secondary N) is 1. The Morgan fingerprint density at radius 3 is 2.88 bits per heavy atom. The molecule has 0 saturated heterocycles. The highest BCUT2D eigenvalue weighted by atomic mass is 32.1. The molecule has 0 saturated carbocycles. The van der Waals surface area contributed by atoms with Gasteiger partial charge in [-0.15, -0.1) is 11.3 Å². The Morgan fingerprint density at radius 2 is 2.35 bits per heavy atom. The van der Waals surface area contributed by atoms with E-state index >= 15 is 0 Å². The molecule has 1 aromatic heterocycles. The summed E-state index contributed by atoms with van der Waals surface area (Å²) in [7, 11) is 0. The average molecular weight is 258 g/mol. The lowest BCUT2D eigenvalue weighted by Gasteiger charge is -2.03. The van der Waals surface area contributed by atoms with Gasteiger partial charge in [0.05, 0.1) is 12.6 Å². The summed E-state index contributed by atoms with van der Waals surface area (Å²) in [5.74, 6) is -0.332. The van der Waals surface area contributed by atoms with E-state index in [1.165, 1.54) is 11.3 Å². The third-order valence-corrected chi connectivity index (χ3v) is 2.82. The number of aromatic nitrogens is 1. The van der Waals surface area contributed by atoms with E-state index in [0.717, 1.165) is 0 Å². The number of carbonyl (C=O) groups excluding carboxylic acids is 2. The number of rotatable bonds is 5. The second kappa shape index (κ2) is 6.16. The van der Waals surface area contributed by atoms with E-state index in [1.54, 1.807) is 12.3 Å². The minimum absolute atomic E-state index is 0.0331. The van der Waals surface area contributed by atoms with Crippen LogP contribution in [-0.2, 0) is 4.74 Å². The topological polar surface area (TPSA) is 120 Å². The molecule has 0 aliphatic carbocycles. The van der Waals surface area contributed by atoms with Crippen LogP contribution in [0.25, 0.3) is 0 Å². The van der Waals surface area contributed by atoms with Crippen LogP contribution >= 0.6 is 11.3 Å². The fourth-order valence-electron chi connectivity index (χ4n) is 1.01. The minimum atomic E-state index is -0.868. The molecule has 1 aromatic rings. The van der Waals surface area contributed by atoms with Crippen molar-refractivity contribution in [2.24, 2.45) is 11.5 Å². The van der Waals surface area contributed by atoms with Crippen LogP contribution in [0.15, 0.2) is 5.38 Å². The minimum Gasteiger partial charge on any atom is -0.448 e. The van der Waals surface area contributed by atoms with Crippen molar-refractivity contribution in [3.63, 3.8) is 0 Å². The highest BCUT2D eigenvalue weighted by Crippen LogP contribution is 2.15. The van der Waals surface area contributed by atoms with Gasteiger partial charge in [-0.05, 0) is 6.92 Å². The lowest BCUT2D eigenvalue weighted by molar-refractivity contribution is 0.0932. The van der Waals surface area contributed by atoms with Crippen LogP contribution in [0.4, 0.5) is 4.79 Å². The molecule has 2 amide bonds. The van der Waals surface area contributed by atoms with Gasteiger partial charge in [0.25, 0.3) is 5.91 Å². The maximum absolute atomic E-state index is 11.5. The van der Waals surface area contributed by atoms with Crippen molar-refractivity contribution in [2.75, 3.05) is 13.2 Å². The molecule has 1 atom stereocenters. The van der Waals surface area contributed by atoms with E-state index in [4.69, 9.17) is 11.5 Å². The molecule has 0 aliphatic rings. The normalized spacial score (nSPS) is 11.9. The number of thiazole rings is 1. The summed E-state index contributed by atoms with van der Waals surface area (Å²) in [6, 6.07) is -0.195. The van der Waals surface area contributed by atoms with Crippen molar-refractivity contribution in [2.45, 2.75) is 13.0 Å². The van der Waals surface area contributed by atoms with Crippen molar-refractivity contribution >= 4 is 23.3 Å². The summed E-state index contributed by atoms with van der Waals surface area (Å²) in [6.45, 7) is 2.01. The third kappa shape index (κ3) is 4.37. The number of nitrogens with zero attached hydrogens (tertiary/aromatic N) is 1. The van der Waals surface area contributed by atoms with Gasteiger partial charge in [0, 0.05) is 5.38 Å². The second-order valence-corrected chi connectivity index (χ2v) is 4.17. The quantitative estimate of drug-likeness (QED) is 0.641. The van der Waals surface area contributed by atoms with Gasteiger partial charge in [0.15, 0.2) is 0 Å². The first-order valence-corrected chi connectivity index (χ1v) is 5.80. The predicted octanol–water partition coefficient (Wildman–Crippen LogP) is -0.0121. The number of nitrogens with two attached hydrogens (primary N) is 2. The van der Waals surface area contributed by atoms with Crippen molar-refractivity contribution < 1.29 is 14.3 Å². The summed E-state index contributed by atoms with van der Waals surface area (Å²) in [5, 5.41) is 4.86. The largest absolute Gasteiger partial charge is 0.448 e. The maximum Gasteiger partial charge on any atom is 0.404 e. The Bertz CT molecular complexity index is 405. The maximum atomic E-state index is 11.5. The third-order valence-electron chi connectivity index (χ3n) is 1.78. The van der Waals surface area contributed by atoms with Crippen molar-refractivity contribution in [1.82, 2.24) is 10.3 Å². The van der Waals surface area contributed by atoms with Crippen LogP contribution in [0.1, 0.15) is 28.5 Å². The smallest absolute Gasteiger partial charge is 0.404 e. The Hall–Kier alpha value is -1.67. The Kier molecular flexibility index (Phi) is 4.85. The summed E-state index contributed by atoms with van der Waals surface area (Å²) in [6.07, 6.45) is -0.868. The molecule has 0 spiro atoms. The number of carbonyl (C=O) groups is 2. The molecule has 8 heteroatoms. The van der Waals surface area contributed by atoms with Gasteiger partial charge in [-0.3, -0.25) is 4.79 Å². The van der Waals surface area contributed by atoms with Crippen LogP contribution in [0, 0.1) is 0 Å². The fourth-order valence-corrected chi connectivity index (χ4v) is 1.77. The van der Waals surface area contributed by atoms with Gasteiger partial charge in [-0.25, -0.2) is 9.78 Å². The number of ether oxygens (including phenoxy) is 1. The SMILES string of the molecule is CC(N)c1nc(C(=O)NCCOC(N)=O)cs1. The molecule has 0 fully saturated rings. The molecule has 0 radical (unpaired) electrons. The fraction of sp³-hybridized carbons (Fsp3) is 0.444. The first kappa shape index (κ1) is 13.4. The molecule has 94 valence electrons. The molecule has 7 nitrogen and oxygen atoms in total. The van der Waals surface area contributed by atoms with E-state index in [2.05, 4.69) is 15.0 Å². The first-order valence-electron chi connectivity index (χ1n) is 4.92. The summed E-state index contributed by atoms with van der Waals surface area (Å²) in [4.78, 5) is 25.9. The van der Waals surface area contributed by atoms with Crippen LogP contribution in [0.3, 0.4) is 0 Å². The second-order valence-electron chi connectivity index (χ2n) is 3.28. The van der Waals surface area contributed by atoms with Gasteiger partial charge >= 0.3 is 6.09 Å². The number of primary amides is 1. The van der Waals surface area contributed by atoms with Gasteiger partial charge in [0.1, 0.15) is 17.3 Å². The zero-order valence-corrected chi connectivity index (χ0v) is 10.1. The molecule has 17 heavy (non-hydrogen) atoms. The first-order chi connectivity index (χ1) is 8.00. The molecule has 0 aromatic carbocycles. The van der Waals surface area contributed by atoms with Gasteiger partial charge in [-0.1, -0.05) is 0 Å². The van der Waals surface area contributed by atoms with E-state index < -0.39 is 6.09 Å². The van der Waals surface area contributed by atoms with Crippen molar-refractivity contribution in [1.29, 1.82) is 0 Å². The standard InChI is InChI=1S/C9H14N4O3S/c1-5(10)8-13-6(4-17-8)7(14)12-2-3-16-9(11)15/h4-5H,2-3,10H2,1H3,(H2,11,15)(H,12,14). The lowest BCUT2D eigenvalue weighted by Crippen LogP contribution is -2.29.